The van der Waals surface area contributed by atoms with Crippen LogP contribution in [0.2, 0.25) is 0 Å². The van der Waals surface area contributed by atoms with E-state index in [-0.39, 0.29) is 23.3 Å². The first-order valence-corrected chi connectivity index (χ1v) is 9.35. The molecule has 2 aliphatic rings. The van der Waals surface area contributed by atoms with Crippen LogP contribution < -0.4 is 10.6 Å². The number of urea groups is 1. The summed E-state index contributed by atoms with van der Waals surface area (Å²) in [5.74, 6) is 0.101. The van der Waals surface area contributed by atoms with Gasteiger partial charge in [-0.25, -0.2) is 4.79 Å². The van der Waals surface area contributed by atoms with E-state index in [1.54, 1.807) is 12.4 Å². The molecule has 4 rings (SSSR count). The fourth-order valence-electron chi connectivity index (χ4n) is 3.89. The van der Waals surface area contributed by atoms with Crippen LogP contribution >= 0.6 is 0 Å². The molecular weight excluding hydrogens is 340 g/mol. The van der Waals surface area contributed by atoms with Crippen LogP contribution in [0.5, 0.6) is 0 Å². The molecule has 27 heavy (non-hydrogen) atoms. The first-order valence-electron chi connectivity index (χ1n) is 9.35. The Morgan fingerprint density at radius 2 is 1.93 bits per heavy atom. The number of nitrogens with one attached hydrogen (secondary N) is 2. The van der Waals surface area contributed by atoms with Gasteiger partial charge in [0.25, 0.3) is 0 Å². The highest BCUT2D eigenvalue weighted by Crippen LogP contribution is 2.58. The van der Waals surface area contributed by atoms with Gasteiger partial charge in [0.2, 0.25) is 5.91 Å². The number of aromatic nitrogens is 1. The smallest absolute Gasteiger partial charge is 0.321 e. The second kappa shape index (κ2) is 7.02. The number of benzene rings is 1. The third-order valence-electron chi connectivity index (χ3n) is 5.70. The van der Waals surface area contributed by atoms with Gasteiger partial charge in [0.15, 0.2) is 0 Å². The molecule has 1 saturated heterocycles. The molecule has 0 unspecified atom stereocenters. The predicted molar refractivity (Wildman–Crippen MR) is 103 cm³/mol. The number of hydrogen-bond acceptors (Lipinski definition) is 3. The molecule has 140 valence electrons. The van der Waals surface area contributed by atoms with Crippen LogP contribution in [0.4, 0.5) is 10.5 Å². The van der Waals surface area contributed by atoms with Crippen molar-refractivity contribution in [2.75, 3.05) is 18.4 Å². The number of rotatable bonds is 4. The Morgan fingerprint density at radius 1 is 1.19 bits per heavy atom. The van der Waals surface area contributed by atoms with Gasteiger partial charge in [-0.05, 0) is 49.6 Å². The van der Waals surface area contributed by atoms with E-state index in [0.717, 1.165) is 29.7 Å². The lowest BCUT2D eigenvalue weighted by atomic mass is 10.0. The van der Waals surface area contributed by atoms with Crippen LogP contribution in [0.15, 0.2) is 48.8 Å². The van der Waals surface area contributed by atoms with E-state index in [1.807, 2.05) is 48.2 Å². The number of carbonyl (C=O) groups excluding carboxylic acids is 2. The van der Waals surface area contributed by atoms with E-state index in [2.05, 4.69) is 15.6 Å². The third kappa shape index (κ3) is 3.79. The maximum absolute atomic E-state index is 12.5. The van der Waals surface area contributed by atoms with Crippen molar-refractivity contribution in [2.24, 2.45) is 11.3 Å². The van der Waals surface area contributed by atoms with Crippen molar-refractivity contribution in [1.82, 2.24) is 15.2 Å². The molecule has 1 saturated carbocycles. The lowest BCUT2D eigenvalue weighted by molar-refractivity contribution is -0.123. The van der Waals surface area contributed by atoms with E-state index in [9.17, 15) is 9.59 Å². The van der Waals surface area contributed by atoms with E-state index < -0.39 is 0 Å². The van der Waals surface area contributed by atoms with E-state index in [0.29, 0.717) is 19.6 Å². The summed E-state index contributed by atoms with van der Waals surface area (Å²) in [6.07, 6.45) is 5.20. The van der Waals surface area contributed by atoms with Gasteiger partial charge in [-0.15, -0.1) is 0 Å². The minimum atomic E-state index is -0.0847. The molecule has 2 atom stereocenters. The first-order chi connectivity index (χ1) is 13.1. The summed E-state index contributed by atoms with van der Waals surface area (Å²) in [6.45, 7) is 3.89. The Bertz CT molecular complexity index is 837. The number of anilines is 1. The predicted octanol–water partition coefficient (Wildman–Crippen LogP) is 2.95. The van der Waals surface area contributed by atoms with Gasteiger partial charge in [0, 0.05) is 49.0 Å². The van der Waals surface area contributed by atoms with Crippen LogP contribution in [0.25, 0.3) is 0 Å². The highest BCUT2D eigenvalue weighted by atomic mass is 16.2. The standard InChI is InChI=1S/C21H24N4O2/c1-15-2-4-17(5-3-15)24-20(27)25-11-8-21(14-25)12-18(21)19(26)23-13-16-6-9-22-10-7-16/h2-7,9-10,18H,8,11-14H2,1H3,(H,23,26)(H,24,27)/t18-,21-/m0/s1. The summed E-state index contributed by atoms with van der Waals surface area (Å²) in [7, 11) is 0. The maximum atomic E-state index is 12.5. The van der Waals surface area contributed by atoms with E-state index in [4.69, 9.17) is 0 Å². The van der Waals surface area contributed by atoms with Crippen LogP contribution in [0, 0.1) is 18.3 Å². The van der Waals surface area contributed by atoms with Crippen molar-refractivity contribution in [1.29, 1.82) is 0 Å². The number of likely N-dealkylation sites (tertiary alicyclic amines) is 1. The topological polar surface area (TPSA) is 74.3 Å². The molecule has 1 aliphatic carbocycles. The van der Waals surface area contributed by atoms with Crippen molar-refractivity contribution < 1.29 is 9.59 Å². The summed E-state index contributed by atoms with van der Waals surface area (Å²) >= 11 is 0. The lowest BCUT2D eigenvalue weighted by Crippen LogP contribution is -2.34. The Labute approximate surface area is 159 Å². The molecule has 6 nitrogen and oxygen atoms in total. The molecule has 2 fully saturated rings. The molecule has 1 spiro atoms. The van der Waals surface area contributed by atoms with Crippen molar-refractivity contribution in [2.45, 2.75) is 26.3 Å². The fraction of sp³-hybridized carbons (Fsp3) is 0.381. The molecular formula is C21H24N4O2. The summed E-state index contributed by atoms with van der Waals surface area (Å²) in [6, 6.07) is 11.5. The number of pyridine rings is 1. The van der Waals surface area contributed by atoms with Gasteiger partial charge >= 0.3 is 6.03 Å². The fourth-order valence-corrected chi connectivity index (χ4v) is 3.89. The minimum absolute atomic E-state index is 0.0107. The van der Waals surface area contributed by atoms with Gasteiger partial charge in [0.1, 0.15) is 0 Å². The van der Waals surface area contributed by atoms with Crippen molar-refractivity contribution in [3.8, 4) is 0 Å². The number of carbonyl (C=O) groups is 2. The largest absolute Gasteiger partial charge is 0.352 e. The molecule has 2 N–H and O–H groups in total. The number of aryl methyl sites for hydroxylation is 1. The molecule has 6 heteroatoms. The SMILES string of the molecule is Cc1ccc(NC(=O)N2CC[C@]3(C[C@H]3C(=O)NCc3ccncc3)C2)cc1. The molecule has 2 heterocycles. The molecule has 0 radical (unpaired) electrons. The number of nitrogens with zero attached hydrogens (tertiary/aromatic N) is 2. The van der Waals surface area contributed by atoms with Gasteiger partial charge in [-0.1, -0.05) is 17.7 Å². The summed E-state index contributed by atoms with van der Waals surface area (Å²) in [4.78, 5) is 30.8. The average Bonchev–Trinajstić information content (AvgIpc) is 3.22. The van der Waals surface area contributed by atoms with E-state index in [1.165, 1.54) is 0 Å². The second-order valence-corrected chi connectivity index (χ2v) is 7.66. The Balaban J connectivity index is 1.28. The summed E-state index contributed by atoms with van der Waals surface area (Å²) in [5.41, 5.74) is 2.96. The molecule has 1 aromatic heterocycles. The average molecular weight is 364 g/mol. The molecule has 2 aromatic rings. The first kappa shape index (κ1) is 17.5. The normalized spacial score (nSPS) is 23.3. The monoisotopic (exact) mass is 364 g/mol. The lowest BCUT2D eigenvalue weighted by Gasteiger charge is -2.17. The molecule has 3 amide bonds. The van der Waals surface area contributed by atoms with E-state index >= 15 is 0 Å². The van der Waals surface area contributed by atoms with Gasteiger partial charge in [-0.3, -0.25) is 9.78 Å². The molecule has 1 aliphatic heterocycles. The number of amides is 3. The highest BCUT2D eigenvalue weighted by molar-refractivity contribution is 5.90. The van der Waals surface area contributed by atoms with Crippen molar-refractivity contribution >= 4 is 17.6 Å². The minimum Gasteiger partial charge on any atom is -0.352 e. The Kier molecular flexibility index (Phi) is 4.56. The highest BCUT2D eigenvalue weighted by Gasteiger charge is 2.61. The van der Waals surface area contributed by atoms with Gasteiger partial charge in [0.05, 0.1) is 0 Å². The van der Waals surface area contributed by atoms with Gasteiger partial charge < -0.3 is 15.5 Å². The van der Waals surface area contributed by atoms with Crippen LogP contribution in [0.3, 0.4) is 0 Å². The Morgan fingerprint density at radius 3 is 2.67 bits per heavy atom. The van der Waals surface area contributed by atoms with Crippen LogP contribution in [-0.4, -0.2) is 34.9 Å². The maximum Gasteiger partial charge on any atom is 0.321 e. The summed E-state index contributed by atoms with van der Waals surface area (Å²) < 4.78 is 0. The third-order valence-corrected chi connectivity index (χ3v) is 5.70. The zero-order chi connectivity index (χ0) is 18.9. The van der Waals surface area contributed by atoms with Crippen molar-refractivity contribution in [3.05, 3.63) is 59.9 Å². The molecule has 1 aromatic carbocycles. The zero-order valence-corrected chi connectivity index (χ0v) is 15.4. The zero-order valence-electron chi connectivity index (χ0n) is 15.4. The summed E-state index contributed by atoms with van der Waals surface area (Å²) in [5, 5.41) is 5.96. The number of hydrogen-bond donors (Lipinski definition) is 2. The molecule has 0 bridgehead atoms. The van der Waals surface area contributed by atoms with Crippen LogP contribution in [0.1, 0.15) is 24.0 Å². The van der Waals surface area contributed by atoms with Gasteiger partial charge in [-0.2, -0.15) is 0 Å². The van der Waals surface area contributed by atoms with Crippen molar-refractivity contribution in [3.63, 3.8) is 0 Å². The second-order valence-electron chi connectivity index (χ2n) is 7.66. The van der Waals surface area contributed by atoms with Crippen LogP contribution in [-0.2, 0) is 11.3 Å². The quantitative estimate of drug-likeness (QED) is 0.876. The Hall–Kier alpha value is -2.89.